The normalized spacial score (nSPS) is 12.0. The zero-order chi connectivity index (χ0) is 13.0. The van der Waals surface area contributed by atoms with E-state index >= 15 is 0 Å². The first-order valence-corrected chi connectivity index (χ1v) is 6.03. The molecule has 0 heterocycles. The van der Waals surface area contributed by atoms with Crippen molar-refractivity contribution < 1.29 is 14.3 Å². The third-order valence-corrected chi connectivity index (χ3v) is 2.53. The van der Waals surface area contributed by atoms with Crippen LogP contribution in [0, 0.1) is 0 Å². The predicted octanol–water partition coefficient (Wildman–Crippen LogP) is 2.96. The van der Waals surface area contributed by atoms with Gasteiger partial charge in [-0.25, -0.2) is 4.79 Å². The van der Waals surface area contributed by atoms with E-state index in [0.29, 0.717) is 16.0 Å². The van der Waals surface area contributed by atoms with E-state index in [9.17, 15) is 9.59 Å². The van der Waals surface area contributed by atoms with Crippen LogP contribution in [-0.4, -0.2) is 23.7 Å². The van der Waals surface area contributed by atoms with Crippen LogP contribution in [-0.2, 0) is 4.74 Å². The molecule has 0 fully saturated rings. The van der Waals surface area contributed by atoms with Gasteiger partial charge in [-0.1, -0.05) is 0 Å². The second-order valence-corrected chi connectivity index (χ2v) is 4.64. The molecule has 92 valence electrons. The molecule has 0 amide bonds. The predicted molar refractivity (Wildman–Crippen MR) is 69.3 cm³/mol. The molecule has 17 heavy (non-hydrogen) atoms. The highest BCUT2D eigenvalue weighted by Crippen LogP contribution is 2.17. The van der Waals surface area contributed by atoms with Crippen molar-refractivity contribution in [3.63, 3.8) is 0 Å². The molecule has 0 saturated heterocycles. The summed E-state index contributed by atoms with van der Waals surface area (Å²) in [5, 5.41) is -0.639. The highest BCUT2D eigenvalue weighted by molar-refractivity contribution is 7.80. The molecular weight excluding hydrogens is 260 g/mol. The molecule has 0 N–H and O–H groups in total. The smallest absolute Gasteiger partial charge is 0.338 e. The standard InChI is InChI=1S/C12H13ClO3S/c1-3-16-12(15)9-4-8(5-10(17)6-9)11(14)7(2)13/h4-7,17H,3H2,1-2H3. The van der Waals surface area contributed by atoms with Crippen molar-refractivity contribution in [1.29, 1.82) is 0 Å². The van der Waals surface area contributed by atoms with Crippen molar-refractivity contribution in [2.24, 2.45) is 0 Å². The lowest BCUT2D eigenvalue weighted by Gasteiger charge is -2.07. The molecule has 0 radical (unpaired) electrons. The zero-order valence-electron chi connectivity index (χ0n) is 9.57. The van der Waals surface area contributed by atoms with E-state index in [0.717, 1.165) is 0 Å². The molecule has 0 aliphatic heterocycles. The van der Waals surface area contributed by atoms with E-state index in [1.807, 2.05) is 0 Å². The summed E-state index contributed by atoms with van der Waals surface area (Å²) in [6.45, 7) is 3.58. The Kier molecular flexibility index (Phi) is 5.02. The van der Waals surface area contributed by atoms with Gasteiger partial charge < -0.3 is 4.74 Å². The Balaban J connectivity index is 3.10. The number of carbonyl (C=O) groups excluding carboxylic acids is 2. The highest BCUT2D eigenvalue weighted by atomic mass is 35.5. The highest BCUT2D eigenvalue weighted by Gasteiger charge is 2.16. The summed E-state index contributed by atoms with van der Waals surface area (Å²) < 4.78 is 4.86. The number of halogens is 1. The Morgan fingerprint density at radius 2 is 1.94 bits per heavy atom. The largest absolute Gasteiger partial charge is 0.462 e. The van der Waals surface area contributed by atoms with E-state index in [1.54, 1.807) is 26.0 Å². The van der Waals surface area contributed by atoms with Gasteiger partial charge in [-0.2, -0.15) is 0 Å². The van der Waals surface area contributed by atoms with Gasteiger partial charge in [-0.05, 0) is 32.0 Å². The van der Waals surface area contributed by atoms with Gasteiger partial charge in [-0.15, -0.1) is 24.2 Å². The third kappa shape index (κ3) is 3.75. The average Bonchev–Trinajstić information content (AvgIpc) is 2.27. The summed E-state index contributed by atoms with van der Waals surface area (Å²) in [6.07, 6.45) is 0. The van der Waals surface area contributed by atoms with Gasteiger partial charge in [0.15, 0.2) is 5.78 Å². The summed E-state index contributed by atoms with van der Waals surface area (Å²) in [7, 11) is 0. The molecule has 3 nitrogen and oxygen atoms in total. The van der Waals surface area contributed by atoms with Gasteiger partial charge in [0, 0.05) is 10.5 Å². The van der Waals surface area contributed by atoms with Gasteiger partial charge in [0.25, 0.3) is 0 Å². The topological polar surface area (TPSA) is 43.4 Å². The van der Waals surface area contributed by atoms with Crippen LogP contribution in [0.25, 0.3) is 0 Å². The van der Waals surface area contributed by atoms with Gasteiger partial charge in [-0.3, -0.25) is 4.79 Å². The second kappa shape index (κ2) is 6.07. The summed E-state index contributed by atoms with van der Waals surface area (Å²) in [4.78, 5) is 23.8. The summed E-state index contributed by atoms with van der Waals surface area (Å²) in [5.74, 6) is -0.715. The van der Waals surface area contributed by atoms with Crippen molar-refractivity contribution in [2.45, 2.75) is 24.1 Å². The third-order valence-electron chi connectivity index (χ3n) is 2.07. The number of hydrogen-bond acceptors (Lipinski definition) is 4. The van der Waals surface area contributed by atoms with Crippen molar-refractivity contribution in [1.82, 2.24) is 0 Å². The van der Waals surface area contributed by atoms with E-state index in [1.165, 1.54) is 6.07 Å². The maximum atomic E-state index is 11.7. The molecule has 0 bridgehead atoms. The number of ketones is 1. The van der Waals surface area contributed by atoms with E-state index < -0.39 is 11.3 Å². The molecule has 1 aromatic rings. The molecule has 1 rings (SSSR count). The van der Waals surface area contributed by atoms with Crippen LogP contribution in [0.5, 0.6) is 0 Å². The summed E-state index contributed by atoms with van der Waals surface area (Å²) in [5.41, 5.74) is 0.670. The summed E-state index contributed by atoms with van der Waals surface area (Å²) >= 11 is 9.86. The van der Waals surface area contributed by atoms with Gasteiger partial charge in [0.05, 0.1) is 17.5 Å². The fourth-order valence-corrected chi connectivity index (χ4v) is 1.72. The lowest BCUT2D eigenvalue weighted by atomic mass is 10.1. The minimum atomic E-state index is -0.639. The lowest BCUT2D eigenvalue weighted by Crippen LogP contribution is -2.12. The number of esters is 1. The SMILES string of the molecule is CCOC(=O)c1cc(S)cc(C(=O)C(C)Cl)c1. The Labute approximate surface area is 111 Å². The number of thiol groups is 1. The van der Waals surface area contributed by atoms with Crippen LogP contribution in [0.1, 0.15) is 34.6 Å². The van der Waals surface area contributed by atoms with Crippen LogP contribution >= 0.6 is 24.2 Å². The number of alkyl halides is 1. The molecular formula is C12H13ClO3S. The maximum Gasteiger partial charge on any atom is 0.338 e. The average molecular weight is 273 g/mol. The van der Waals surface area contributed by atoms with E-state index in [-0.39, 0.29) is 12.4 Å². The van der Waals surface area contributed by atoms with Crippen LogP contribution in [0.3, 0.4) is 0 Å². The fourth-order valence-electron chi connectivity index (χ4n) is 1.32. The fraction of sp³-hybridized carbons (Fsp3) is 0.333. The van der Waals surface area contributed by atoms with Gasteiger partial charge in [0.2, 0.25) is 0 Å². The molecule has 0 aliphatic carbocycles. The second-order valence-electron chi connectivity index (χ2n) is 3.47. The van der Waals surface area contributed by atoms with Crippen LogP contribution in [0.2, 0.25) is 0 Å². The molecule has 1 unspecified atom stereocenters. The monoisotopic (exact) mass is 272 g/mol. The number of hydrogen-bond donors (Lipinski definition) is 1. The van der Waals surface area contributed by atoms with Crippen molar-refractivity contribution in [3.05, 3.63) is 29.3 Å². The lowest BCUT2D eigenvalue weighted by molar-refractivity contribution is 0.0526. The quantitative estimate of drug-likeness (QED) is 0.397. The Bertz CT molecular complexity index is 443. The molecule has 1 atom stereocenters. The number of rotatable bonds is 4. The number of Topliss-reactive ketones (excluding diaryl/α,β-unsaturated/α-hetero) is 1. The molecule has 0 aliphatic rings. The molecule has 1 aromatic carbocycles. The zero-order valence-corrected chi connectivity index (χ0v) is 11.2. The van der Waals surface area contributed by atoms with Gasteiger partial charge >= 0.3 is 5.97 Å². The van der Waals surface area contributed by atoms with Crippen LogP contribution < -0.4 is 0 Å². The first-order valence-electron chi connectivity index (χ1n) is 5.15. The first-order chi connectivity index (χ1) is 7.95. The van der Waals surface area contributed by atoms with Crippen LogP contribution in [0.4, 0.5) is 0 Å². The van der Waals surface area contributed by atoms with E-state index in [4.69, 9.17) is 16.3 Å². The van der Waals surface area contributed by atoms with Gasteiger partial charge in [0.1, 0.15) is 0 Å². The van der Waals surface area contributed by atoms with Crippen LogP contribution in [0.15, 0.2) is 23.1 Å². The van der Waals surface area contributed by atoms with Crippen molar-refractivity contribution in [3.8, 4) is 0 Å². The number of ether oxygens (including phenoxy) is 1. The molecule has 0 aromatic heterocycles. The van der Waals surface area contributed by atoms with Crippen molar-refractivity contribution in [2.75, 3.05) is 6.61 Å². The molecule has 5 heteroatoms. The molecule has 0 saturated carbocycles. The number of benzene rings is 1. The Hall–Kier alpha value is -1.00. The van der Waals surface area contributed by atoms with Crippen molar-refractivity contribution >= 4 is 36.0 Å². The summed E-state index contributed by atoms with van der Waals surface area (Å²) in [6, 6.07) is 4.60. The minimum absolute atomic E-state index is 0.242. The minimum Gasteiger partial charge on any atom is -0.462 e. The van der Waals surface area contributed by atoms with E-state index in [2.05, 4.69) is 12.6 Å². The Morgan fingerprint density at radius 1 is 1.35 bits per heavy atom. The Morgan fingerprint density at radius 3 is 2.47 bits per heavy atom. The maximum absolute atomic E-state index is 11.7. The molecule has 0 spiro atoms. The first kappa shape index (κ1) is 14.1. The number of carbonyl (C=O) groups is 2.